The van der Waals surface area contributed by atoms with Crippen LogP contribution >= 0.6 is 0 Å². The van der Waals surface area contributed by atoms with Gasteiger partial charge in [0.15, 0.2) is 0 Å². The second-order valence-electron chi connectivity index (χ2n) is 8.76. The van der Waals surface area contributed by atoms with Crippen molar-refractivity contribution >= 4 is 26.8 Å². The first-order chi connectivity index (χ1) is 16.0. The maximum atomic E-state index is 12.6. The largest absolute Gasteiger partial charge is 0.305 e. The molecule has 1 saturated heterocycles. The van der Waals surface area contributed by atoms with E-state index < -0.39 is 15.9 Å². The fourth-order valence-electron chi connectivity index (χ4n) is 5.03. The summed E-state index contributed by atoms with van der Waals surface area (Å²) in [5, 5.41) is 1.08. The van der Waals surface area contributed by atoms with Crippen molar-refractivity contribution in [2.24, 2.45) is 0 Å². The summed E-state index contributed by atoms with van der Waals surface area (Å²) in [6, 6.07) is 18.1. The molecule has 1 aromatic heterocycles. The maximum absolute atomic E-state index is 12.6. The quantitative estimate of drug-likeness (QED) is 0.522. The van der Waals surface area contributed by atoms with Crippen molar-refractivity contribution in [3.8, 4) is 0 Å². The molecule has 0 spiro atoms. The van der Waals surface area contributed by atoms with E-state index in [4.69, 9.17) is 0 Å². The number of hydrogen-bond acceptors (Lipinski definition) is 5. The third-order valence-corrected chi connectivity index (χ3v) is 8.60. The summed E-state index contributed by atoms with van der Waals surface area (Å²) < 4.78 is 28.2. The van der Waals surface area contributed by atoms with E-state index in [2.05, 4.69) is 4.90 Å². The predicted molar refractivity (Wildman–Crippen MR) is 127 cm³/mol. The molecule has 0 N–H and O–H groups in total. The third kappa shape index (κ3) is 3.98. The molecular weight excluding hydrogens is 438 g/mol. The van der Waals surface area contributed by atoms with Crippen LogP contribution in [0.5, 0.6) is 0 Å². The van der Waals surface area contributed by atoms with Gasteiger partial charge >= 0.3 is 0 Å². The number of sulfonamides is 1. The fourth-order valence-corrected chi connectivity index (χ4v) is 6.64. The Balaban J connectivity index is 1.14. The Morgan fingerprint density at radius 1 is 0.818 bits per heavy atom. The smallest absolute Gasteiger partial charge is 0.269 e. The summed E-state index contributed by atoms with van der Waals surface area (Å²) in [7, 11) is -3.72. The van der Waals surface area contributed by atoms with Gasteiger partial charge in [0.1, 0.15) is 4.90 Å². The summed E-state index contributed by atoms with van der Waals surface area (Å²) >= 11 is 0. The highest BCUT2D eigenvalue weighted by atomic mass is 32.2. The van der Waals surface area contributed by atoms with Crippen molar-refractivity contribution < 1.29 is 13.2 Å². The number of carbonyl (C=O) groups is 1. The van der Waals surface area contributed by atoms with Crippen LogP contribution in [0.3, 0.4) is 0 Å². The molecule has 5 rings (SSSR count). The molecule has 8 heteroatoms. The Hall–Kier alpha value is -2.97. The summed E-state index contributed by atoms with van der Waals surface area (Å²) in [5.41, 5.74) is 1.30. The molecule has 2 aliphatic rings. The fraction of sp³-hybridized carbons (Fsp3) is 0.360. The van der Waals surface area contributed by atoms with Crippen molar-refractivity contribution in [2.75, 3.05) is 26.2 Å². The van der Waals surface area contributed by atoms with Gasteiger partial charge in [-0.05, 0) is 61.9 Å². The number of amides is 1. The number of para-hydroxylation sites is 1. The van der Waals surface area contributed by atoms with Crippen molar-refractivity contribution in [3.63, 3.8) is 0 Å². The Morgan fingerprint density at radius 2 is 1.52 bits per heavy atom. The predicted octanol–water partition coefficient (Wildman–Crippen LogP) is 3.26. The minimum Gasteiger partial charge on any atom is -0.305 e. The van der Waals surface area contributed by atoms with E-state index in [1.807, 2.05) is 34.9 Å². The standard InChI is InChI=1S/C25H27N3O4S/c29-24-12-11-19-7-1-3-9-22(19)28(24)20-13-17-26(18-14-20)15-5-6-16-27-25(30)21-8-2-4-10-23(21)33(27,31)32/h1-4,7-12,20H,5-6,13-18H2. The highest BCUT2D eigenvalue weighted by Crippen LogP contribution is 2.30. The minimum atomic E-state index is -3.72. The molecule has 0 saturated carbocycles. The Bertz CT molecular complexity index is 1360. The van der Waals surface area contributed by atoms with Gasteiger partial charge < -0.3 is 9.47 Å². The molecule has 7 nitrogen and oxygen atoms in total. The van der Waals surface area contributed by atoms with Crippen molar-refractivity contribution in [1.82, 2.24) is 13.8 Å². The van der Waals surface area contributed by atoms with Gasteiger partial charge in [0, 0.05) is 31.7 Å². The van der Waals surface area contributed by atoms with Gasteiger partial charge in [0.05, 0.1) is 11.1 Å². The van der Waals surface area contributed by atoms with Gasteiger partial charge in [-0.25, -0.2) is 12.7 Å². The first-order valence-corrected chi connectivity index (χ1v) is 12.9. The molecule has 172 valence electrons. The van der Waals surface area contributed by atoms with E-state index >= 15 is 0 Å². The van der Waals surface area contributed by atoms with E-state index in [1.165, 1.54) is 6.07 Å². The molecule has 0 atom stereocenters. The molecule has 0 bridgehead atoms. The van der Waals surface area contributed by atoms with Crippen LogP contribution in [0.1, 0.15) is 42.1 Å². The number of hydrogen-bond donors (Lipinski definition) is 0. The number of unbranched alkanes of at least 4 members (excludes halogenated alkanes) is 1. The lowest BCUT2D eigenvalue weighted by molar-refractivity contribution is 0.0868. The zero-order valence-electron chi connectivity index (χ0n) is 18.4. The Labute approximate surface area is 193 Å². The van der Waals surface area contributed by atoms with Crippen molar-refractivity contribution in [1.29, 1.82) is 0 Å². The lowest BCUT2D eigenvalue weighted by Gasteiger charge is -2.33. The molecule has 2 aromatic carbocycles. The molecule has 3 aromatic rings. The second kappa shape index (κ2) is 8.76. The first-order valence-electron chi connectivity index (χ1n) is 11.5. The third-order valence-electron chi connectivity index (χ3n) is 6.76. The van der Waals surface area contributed by atoms with E-state index in [-0.39, 0.29) is 28.6 Å². The summed E-state index contributed by atoms with van der Waals surface area (Å²) in [4.78, 5) is 27.6. The van der Waals surface area contributed by atoms with Crippen LogP contribution in [0.4, 0.5) is 0 Å². The summed E-state index contributed by atoms with van der Waals surface area (Å²) in [6.45, 7) is 2.85. The van der Waals surface area contributed by atoms with Crippen LogP contribution in [0, 0.1) is 0 Å². The lowest BCUT2D eigenvalue weighted by atomic mass is 10.0. The van der Waals surface area contributed by atoms with E-state index in [0.717, 1.165) is 54.1 Å². The van der Waals surface area contributed by atoms with Gasteiger partial charge in [-0.1, -0.05) is 30.3 Å². The maximum Gasteiger partial charge on any atom is 0.269 e. The highest BCUT2D eigenvalue weighted by Gasteiger charge is 2.40. The molecule has 1 fully saturated rings. The summed E-state index contributed by atoms with van der Waals surface area (Å²) in [5.74, 6) is -0.424. The number of rotatable bonds is 6. The Kier molecular flexibility index (Phi) is 5.80. The molecule has 0 aliphatic carbocycles. The highest BCUT2D eigenvalue weighted by molar-refractivity contribution is 7.90. The number of benzene rings is 2. The lowest BCUT2D eigenvalue weighted by Crippen LogP contribution is -2.38. The van der Waals surface area contributed by atoms with E-state index in [9.17, 15) is 18.0 Å². The van der Waals surface area contributed by atoms with E-state index in [1.54, 1.807) is 24.3 Å². The molecule has 0 unspecified atom stereocenters. The average molecular weight is 466 g/mol. The van der Waals surface area contributed by atoms with Gasteiger partial charge in [0.25, 0.3) is 21.5 Å². The SMILES string of the molecule is O=C1c2ccccc2S(=O)(=O)N1CCCCN1CCC(n2c(=O)ccc3ccccc32)CC1. The number of pyridine rings is 1. The topological polar surface area (TPSA) is 79.7 Å². The number of piperidine rings is 1. The van der Waals surface area contributed by atoms with Crippen molar-refractivity contribution in [3.05, 3.63) is 76.6 Å². The number of nitrogens with zero attached hydrogens (tertiary/aromatic N) is 3. The molecular formula is C25H27N3O4S. The molecule has 2 aliphatic heterocycles. The minimum absolute atomic E-state index is 0.0460. The van der Waals surface area contributed by atoms with Crippen molar-refractivity contribution in [2.45, 2.75) is 36.6 Å². The van der Waals surface area contributed by atoms with Crippen LogP contribution in [0.2, 0.25) is 0 Å². The van der Waals surface area contributed by atoms with E-state index in [0.29, 0.717) is 6.42 Å². The normalized spacial score (nSPS) is 18.7. The van der Waals surface area contributed by atoms with Crippen LogP contribution < -0.4 is 5.56 Å². The molecule has 33 heavy (non-hydrogen) atoms. The van der Waals surface area contributed by atoms with Gasteiger partial charge in [-0.3, -0.25) is 9.59 Å². The molecule has 1 amide bonds. The van der Waals surface area contributed by atoms with Gasteiger partial charge in [0.2, 0.25) is 0 Å². The zero-order chi connectivity index (χ0) is 23.0. The number of likely N-dealkylation sites (tertiary alicyclic amines) is 1. The second-order valence-corrected chi connectivity index (χ2v) is 10.6. The van der Waals surface area contributed by atoms with Gasteiger partial charge in [-0.2, -0.15) is 0 Å². The zero-order valence-corrected chi connectivity index (χ0v) is 19.2. The number of carbonyl (C=O) groups excluding carboxylic acids is 1. The average Bonchev–Trinajstić information content (AvgIpc) is 3.03. The first kappa shape index (κ1) is 21.9. The number of aromatic nitrogens is 1. The molecule has 3 heterocycles. The monoisotopic (exact) mass is 465 g/mol. The molecule has 0 radical (unpaired) electrons. The van der Waals surface area contributed by atoms with Crippen LogP contribution in [-0.2, 0) is 10.0 Å². The summed E-state index contributed by atoms with van der Waals surface area (Å²) in [6.07, 6.45) is 3.25. The van der Waals surface area contributed by atoms with Crippen LogP contribution in [0.25, 0.3) is 10.9 Å². The number of fused-ring (bicyclic) bond motifs is 2. The van der Waals surface area contributed by atoms with Crippen LogP contribution in [0.15, 0.2) is 70.4 Å². The van der Waals surface area contributed by atoms with Gasteiger partial charge in [-0.15, -0.1) is 0 Å². The Morgan fingerprint density at radius 3 is 2.30 bits per heavy atom. The van der Waals surface area contributed by atoms with Crippen LogP contribution in [-0.4, -0.2) is 54.3 Å².